The molecule has 7 heteroatoms. The summed E-state index contributed by atoms with van der Waals surface area (Å²) < 4.78 is 7.81. The minimum absolute atomic E-state index is 0.0769. The highest BCUT2D eigenvalue weighted by atomic mass is 32.2. The van der Waals surface area contributed by atoms with Crippen molar-refractivity contribution in [3.8, 4) is 5.75 Å². The number of aromatic nitrogens is 3. The predicted octanol–water partition coefficient (Wildman–Crippen LogP) is 4.05. The maximum atomic E-state index is 12.2. The van der Waals surface area contributed by atoms with Gasteiger partial charge in [0.1, 0.15) is 12.4 Å². The van der Waals surface area contributed by atoms with Gasteiger partial charge in [-0.1, -0.05) is 42.1 Å². The van der Waals surface area contributed by atoms with Crippen molar-refractivity contribution in [2.24, 2.45) is 7.05 Å². The minimum atomic E-state index is -0.0769. The van der Waals surface area contributed by atoms with Gasteiger partial charge in [0, 0.05) is 12.7 Å². The van der Waals surface area contributed by atoms with Crippen LogP contribution in [0.5, 0.6) is 5.75 Å². The molecule has 6 nitrogen and oxygen atoms in total. The van der Waals surface area contributed by atoms with E-state index in [-0.39, 0.29) is 11.7 Å². The molecule has 2 aromatic carbocycles. The monoisotopic (exact) mass is 396 g/mol. The summed E-state index contributed by atoms with van der Waals surface area (Å²) in [6.45, 7) is 6.36. The van der Waals surface area contributed by atoms with Gasteiger partial charge in [-0.05, 0) is 49.6 Å². The Balaban J connectivity index is 1.56. The maximum absolute atomic E-state index is 12.2. The Kier molecular flexibility index (Phi) is 6.36. The third-order valence-electron chi connectivity index (χ3n) is 4.31. The zero-order chi connectivity index (χ0) is 20.1. The van der Waals surface area contributed by atoms with Gasteiger partial charge in [0.25, 0.3) is 0 Å². The SMILES string of the molecule is Cc1cccc(NC(=O)CSc2nnc(COc3c(C)cccc3C)n2C)c1. The Hall–Kier alpha value is -2.80. The molecular formula is C21H24N4O2S. The van der Waals surface area contributed by atoms with E-state index in [2.05, 4.69) is 15.5 Å². The Morgan fingerprint density at radius 3 is 2.54 bits per heavy atom. The molecule has 0 saturated carbocycles. The molecule has 1 N–H and O–H groups in total. The van der Waals surface area contributed by atoms with E-state index in [1.165, 1.54) is 11.8 Å². The maximum Gasteiger partial charge on any atom is 0.234 e. The van der Waals surface area contributed by atoms with E-state index in [0.717, 1.165) is 28.1 Å². The van der Waals surface area contributed by atoms with Crippen LogP contribution in [0.15, 0.2) is 47.6 Å². The van der Waals surface area contributed by atoms with Gasteiger partial charge in [-0.2, -0.15) is 0 Å². The largest absolute Gasteiger partial charge is 0.485 e. The number of benzene rings is 2. The fraction of sp³-hybridized carbons (Fsp3) is 0.286. The van der Waals surface area contributed by atoms with Crippen molar-refractivity contribution in [2.75, 3.05) is 11.1 Å². The molecule has 0 unspecified atom stereocenters. The summed E-state index contributed by atoms with van der Waals surface area (Å²) in [6, 6.07) is 13.8. The Morgan fingerprint density at radius 2 is 1.82 bits per heavy atom. The van der Waals surface area contributed by atoms with Crippen LogP contribution in [-0.4, -0.2) is 26.4 Å². The minimum Gasteiger partial charge on any atom is -0.485 e. The number of hydrogen-bond acceptors (Lipinski definition) is 5. The van der Waals surface area contributed by atoms with Crippen molar-refractivity contribution < 1.29 is 9.53 Å². The zero-order valence-corrected chi connectivity index (χ0v) is 17.3. The summed E-state index contributed by atoms with van der Waals surface area (Å²) in [5.41, 5.74) is 4.08. The molecule has 3 aromatic rings. The molecule has 0 spiro atoms. The van der Waals surface area contributed by atoms with Gasteiger partial charge in [0.2, 0.25) is 5.91 Å². The number of anilines is 1. The van der Waals surface area contributed by atoms with Crippen LogP contribution in [0.1, 0.15) is 22.5 Å². The summed E-state index contributed by atoms with van der Waals surface area (Å²) in [6.07, 6.45) is 0. The van der Waals surface area contributed by atoms with E-state index in [4.69, 9.17) is 4.74 Å². The first kappa shape index (κ1) is 19.9. The number of hydrogen-bond donors (Lipinski definition) is 1. The summed E-state index contributed by atoms with van der Waals surface area (Å²) in [4.78, 5) is 12.2. The topological polar surface area (TPSA) is 69.0 Å². The van der Waals surface area contributed by atoms with Gasteiger partial charge in [-0.15, -0.1) is 10.2 Å². The average Bonchev–Trinajstić information content (AvgIpc) is 2.99. The fourth-order valence-corrected chi connectivity index (χ4v) is 3.54. The lowest BCUT2D eigenvalue weighted by molar-refractivity contribution is -0.113. The number of carbonyl (C=O) groups is 1. The molecule has 0 radical (unpaired) electrons. The van der Waals surface area contributed by atoms with Crippen LogP contribution in [0.25, 0.3) is 0 Å². The number of thioether (sulfide) groups is 1. The highest BCUT2D eigenvalue weighted by Gasteiger charge is 2.13. The van der Waals surface area contributed by atoms with E-state index in [0.29, 0.717) is 17.6 Å². The first-order valence-electron chi connectivity index (χ1n) is 9.00. The van der Waals surface area contributed by atoms with Gasteiger partial charge >= 0.3 is 0 Å². The molecule has 0 saturated heterocycles. The van der Waals surface area contributed by atoms with E-state index in [1.54, 1.807) is 0 Å². The van der Waals surface area contributed by atoms with Gasteiger partial charge in [-0.3, -0.25) is 4.79 Å². The van der Waals surface area contributed by atoms with Crippen molar-refractivity contribution in [3.63, 3.8) is 0 Å². The van der Waals surface area contributed by atoms with Crippen LogP contribution in [0.4, 0.5) is 5.69 Å². The number of para-hydroxylation sites is 1. The zero-order valence-electron chi connectivity index (χ0n) is 16.5. The number of nitrogens with zero attached hydrogens (tertiary/aromatic N) is 3. The quantitative estimate of drug-likeness (QED) is 0.610. The van der Waals surface area contributed by atoms with E-state index >= 15 is 0 Å². The molecule has 0 atom stereocenters. The van der Waals surface area contributed by atoms with E-state index in [9.17, 15) is 4.79 Å². The molecule has 0 fully saturated rings. The van der Waals surface area contributed by atoms with Crippen LogP contribution in [-0.2, 0) is 18.4 Å². The summed E-state index contributed by atoms with van der Waals surface area (Å²) in [5.74, 6) is 1.77. The molecule has 1 heterocycles. The lowest BCUT2D eigenvalue weighted by Crippen LogP contribution is -2.14. The molecule has 1 aromatic heterocycles. The molecule has 3 rings (SSSR count). The van der Waals surface area contributed by atoms with Crippen LogP contribution in [0.2, 0.25) is 0 Å². The van der Waals surface area contributed by atoms with E-state index in [1.807, 2.05) is 74.9 Å². The molecule has 0 aliphatic rings. The number of aryl methyl sites for hydroxylation is 3. The van der Waals surface area contributed by atoms with Gasteiger partial charge in [0.15, 0.2) is 11.0 Å². The van der Waals surface area contributed by atoms with Crippen LogP contribution >= 0.6 is 11.8 Å². The van der Waals surface area contributed by atoms with Gasteiger partial charge < -0.3 is 14.6 Å². The average molecular weight is 397 g/mol. The molecule has 28 heavy (non-hydrogen) atoms. The molecule has 1 amide bonds. The summed E-state index contributed by atoms with van der Waals surface area (Å²) >= 11 is 1.35. The number of carbonyl (C=O) groups excluding carboxylic acids is 1. The third kappa shape index (κ3) is 4.92. The standard InChI is InChI=1S/C21H24N4O2S/c1-14-7-5-10-17(11-14)22-19(26)13-28-21-24-23-18(25(21)4)12-27-20-15(2)8-6-9-16(20)3/h5-11H,12-13H2,1-4H3,(H,22,26). The first-order valence-corrected chi connectivity index (χ1v) is 9.99. The lowest BCUT2D eigenvalue weighted by Gasteiger charge is -2.11. The second-order valence-electron chi connectivity index (χ2n) is 6.67. The second-order valence-corrected chi connectivity index (χ2v) is 7.62. The Morgan fingerprint density at radius 1 is 1.11 bits per heavy atom. The molecule has 0 aliphatic carbocycles. The van der Waals surface area contributed by atoms with Crippen LogP contribution < -0.4 is 10.1 Å². The van der Waals surface area contributed by atoms with E-state index < -0.39 is 0 Å². The summed E-state index contributed by atoms with van der Waals surface area (Å²) in [5, 5.41) is 12.0. The predicted molar refractivity (Wildman–Crippen MR) is 112 cm³/mol. The normalized spacial score (nSPS) is 10.7. The number of rotatable bonds is 7. The van der Waals surface area contributed by atoms with Gasteiger partial charge in [0.05, 0.1) is 5.75 Å². The van der Waals surface area contributed by atoms with Crippen molar-refractivity contribution >= 4 is 23.4 Å². The van der Waals surface area contributed by atoms with Crippen molar-refractivity contribution in [2.45, 2.75) is 32.5 Å². The first-order chi connectivity index (χ1) is 13.4. The van der Waals surface area contributed by atoms with Crippen molar-refractivity contribution in [3.05, 3.63) is 65.0 Å². The molecular weight excluding hydrogens is 372 g/mol. The lowest BCUT2D eigenvalue weighted by atomic mass is 10.1. The highest BCUT2D eigenvalue weighted by Crippen LogP contribution is 2.24. The second kappa shape index (κ2) is 8.93. The van der Waals surface area contributed by atoms with Crippen LogP contribution in [0.3, 0.4) is 0 Å². The Bertz CT molecular complexity index is 964. The highest BCUT2D eigenvalue weighted by molar-refractivity contribution is 7.99. The van der Waals surface area contributed by atoms with Crippen molar-refractivity contribution in [1.29, 1.82) is 0 Å². The van der Waals surface area contributed by atoms with Crippen LogP contribution in [0, 0.1) is 20.8 Å². The number of amides is 1. The number of nitrogens with one attached hydrogen (secondary N) is 1. The smallest absolute Gasteiger partial charge is 0.234 e. The summed E-state index contributed by atoms with van der Waals surface area (Å²) in [7, 11) is 1.88. The van der Waals surface area contributed by atoms with Gasteiger partial charge in [-0.25, -0.2) is 0 Å². The molecule has 146 valence electrons. The van der Waals surface area contributed by atoms with Crippen molar-refractivity contribution in [1.82, 2.24) is 14.8 Å². The Labute approximate surface area is 169 Å². The molecule has 0 bridgehead atoms. The fourth-order valence-electron chi connectivity index (χ4n) is 2.81. The number of ether oxygens (including phenoxy) is 1. The molecule has 0 aliphatic heterocycles. The third-order valence-corrected chi connectivity index (χ3v) is 5.33.